The molecule has 0 saturated heterocycles. The fourth-order valence-electron chi connectivity index (χ4n) is 1.67. The summed E-state index contributed by atoms with van der Waals surface area (Å²) >= 11 is 5.73. The van der Waals surface area contributed by atoms with Crippen LogP contribution in [0.15, 0.2) is 33.7 Å². The Kier molecular flexibility index (Phi) is 5.15. The minimum absolute atomic E-state index is 0.0495. The van der Waals surface area contributed by atoms with Crippen molar-refractivity contribution in [3.63, 3.8) is 0 Å². The second-order valence-electron chi connectivity index (χ2n) is 4.40. The third-order valence-electron chi connectivity index (χ3n) is 2.77. The number of carbonyl (C=O) groups is 1. The lowest BCUT2D eigenvalue weighted by atomic mass is 10.4. The Morgan fingerprint density at radius 1 is 1.32 bits per heavy atom. The van der Waals surface area contributed by atoms with Crippen molar-refractivity contribution >= 4 is 27.3 Å². The minimum atomic E-state index is -3.48. The quantitative estimate of drug-likeness (QED) is 0.852. The molecule has 0 aliphatic heterocycles. The predicted octanol–water partition coefficient (Wildman–Crippen LogP) is 1.49. The van der Waals surface area contributed by atoms with Gasteiger partial charge in [-0.2, -0.15) is 4.98 Å². The van der Waals surface area contributed by atoms with Gasteiger partial charge in [-0.1, -0.05) is 16.8 Å². The molecule has 0 saturated carbocycles. The van der Waals surface area contributed by atoms with Gasteiger partial charge < -0.3 is 9.84 Å². The largest absolute Gasteiger partial charge is 0.348 e. The highest BCUT2D eigenvalue weighted by atomic mass is 35.5. The van der Waals surface area contributed by atoms with Gasteiger partial charge in [0, 0.05) is 18.0 Å². The van der Waals surface area contributed by atoms with Crippen molar-refractivity contribution in [1.82, 2.24) is 15.5 Å². The lowest BCUT2D eigenvalue weighted by Crippen LogP contribution is -2.23. The van der Waals surface area contributed by atoms with E-state index >= 15 is 0 Å². The van der Waals surface area contributed by atoms with Gasteiger partial charge in [-0.25, -0.2) is 8.42 Å². The minimum Gasteiger partial charge on any atom is -0.348 e. The summed E-state index contributed by atoms with van der Waals surface area (Å²) in [6, 6.07) is 5.90. The molecule has 2 rings (SSSR count). The van der Waals surface area contributed by atoms with Crippen LogP contribution in [0.2, 0.25) is 5.02 Å². The maximum atomic E-state index is 12.2. The number of benzene rings is 1. The number of nitrogens with one attached hydrogen (secondary N) is 1. The van der Waals surface area contributed by atoms with E-state index in [1.807, 2.05) is 0 Å². The van der Waals surface area contributed by atoms with Crippen molar-refractivity contribution in [2.75, 3.05) is 12.3 Å². The first-order valence-corrected chi connectivity index (χ1v) is 8.54. The van der Waals surface area contributed by atoms with Crippen LogP contribution >= 0.6 is 11.6 Å². The number of halogens is 1. The van der Waals surface area contributed by atoms with Gasteiger partial charge in [0.2, 0.25) is 0 Å². The predicted molar refractivity (Wildman–Crippen MR) is 79.5 cm³/mol. The fourth-order valence-corrected chi connectivity index (χ4v) is 3.03. The van der Waals surface area contributed by atoms with E-state index in [0.29, 0.717) is 11.6 Å². The van der Waals surface area contributed by atoms with E-state index in [2.05, 4.69) is 15.5 Å². The zero-order chi connectivity index (χ0) is 16.2. The molecule has 0 aliphatic rings. The van der Waals surface area contributed by atoms with E-state index in [0.717, 1.165) is 0 Å². The monoisotopic (exact) mass is 343 g/mol. The van der Waals surface area contributed by atoms with Crippen LogP contribution in [0.4, 0.5) is 0 Å². The third kappa shape index (κ3) is 4.05. The van der Waals surface area contributed by atoms with E-state index in [1.165, 1.54) is 24.3 Å². The lowest BCUT2D eigenvalue weighted by molar-refractivity contribution is 0.0912. The highest BCUT2D eigenvalue weighted by molar-refractivity contribution is 7.91. The highest BCUT2D eigenvalue weighted by Gasteiger charge is 2.18. The Bertz CT molecular complexity index is 756. The highest BCUT2D eigenvalue weighted by Crippen LogP contribution is 2.16. The molecule has 1 heterocycles. The molecule has 1 aromatic carbocycles. The Morgan fingerprint density at radius 3 is 2.64 bits per heavy atom. The van der Waals surface area contributed by atoms with Crippen LogP contribution in [0.5, 0.6) is 0 Å². The van der Waals surface area contributed by atoms with Gasteiger partial charge in [0.25, 0.3) is 0 Å². The van der Waals surface area contributed by atoms with Crippen LogP contribution in [0.1, 0.15) is 23.4 Å². The molecule has 1 N–H and O–H groups in total. The summed E-state index contributed by atoms with van der Waals surface area (Å²) in [7, 11) is -3.48. The summed E-state index contributed by atoms with van der Waals surface area (Å²) in [6.45, 7) is 2.19. The average Bonchev–Trinajstić information content (AvgIpc) is 2.95. The summed E-state index contributed by atoms with van der Waals surface area (Å²) in [4.78, 5) is 15.5. The zero-order valence-corrected chi connectivity index (χ0v) is 13.3. The van der Waals surface area contributed by atoms with Crippen LogP contribution in [-0.2, 0) is 16.3 Å². The number of nitrogens with zero attached hydrogens (tertiary/aromatic N) is 2. The van der Waals surface area contributed by atoms with Gasteiger partial charge in [0.15, 0.2) is 15.7 Å². The van der Waals surface area contributed by atoms with E-state index < -0.39 is 15.7 Å². The molecule has 1 aromatic heterocycles. The van der Waals surface area contributed by atoms with Crippen molar-refractivity contribution in [2.24, 2.45) is 0 Å². The molecule has 0 spiro atoms. The molecule has 7 nitrogen and oxygen atoms in total. The normalized spacial score (nSPS) is 11.4. The number of sulfone groups is 1. The first-order chi connectivity index (χ1) is 10.4. The fraction of sp³-hybridized carbons (Fsp3) is 0.308. The molecule has 0 aliphatic carbocycles. The molecule has 0 atom stereocenters. The lowest BCUT2D eigenvalue weighted by Gasteiger charge is -2.02. The van der Waals surface area contributed by atoms with Crippen molar-refractivity contribution in [3.8, 4) is 0 Å². The van der Waals surface area contributed by atoms with Crippen LogP contribution in [-0.4, -0.2) is 36.8 Å². The van der Waals surface area contributed by atoms with Crippen molar-refractivity contribution in [1.29, 1.82) is 0 Å². The van der Waals surface area contributed by atoms with Crippen LogP contribution in [0, 0.1) is 0 Å². The average molecular weight is 344 g/mol. The molecular weight excluding hydrogens is 330 g/mol. The number of aromatic nitrogens is 2. The number of rotatable bonds is 6. The summed E-state index contributed by atoms with van der Waals surface area (Å²) in [5.41, 5.74) is 0. The van der Waals surface area contributed by atoms with Crippen molar-refractivity contribution in [3.05, 3.63) is 41.0 Å². The molecule has 0 bridgehead atoms. The zero-order valence-electron chi connectivity index (χ0n) is 11.7. The van der Waals surface area contributed by atoms with E-state index in [4.69, 9.17) is 16.1 Å². The number of hydrogen-bond acceptors (Lipinski definition) is 6. The van der Waals surface area contributed by atoms with Crippen molar-refractivity contribution in [2.45, 2.75) is 18.2 Å². The second-order valence-corrected chi connectivity index (χ2v) is 6.94. The SMILES string of the molecule is CCNC(=O)c1nc(CCS(=O)(=O)c2ccc(Cl)cc2)no1. The molecule has 0 radical (unpaired) electrons. The molecule has 118 valence electrons. The van der Waals surface area contributed by atoms with Gasteiger partial charge >= 0.3 is 11.8 Å². The third-order valence-corrected chi connectivity index (χ3v) is 4.75. The van der Waals surface area contributed by atoms with Crippen LogP contribution in [0.25, 0.3) is 0 Å². The molecule has 9 heteroatoms. The maximum Gasteiger partial charge on any atom is 0.315 e. The summed E-state index contributed by atoms with van der Waals surface area (Å²) in [5, 5.41) is 6.57. The van der Waals surface area contributed by atoms with E-state index in [1.54, 1.807) is 6.92 Å². The maximum absolute atomic E-state index is 12.2. The first-order valence-electron chi connectivity index (χ1n) is 6.51. The molecule has 0 unspecified atom stereocenters. The number of carbonyl (C=O) groups excluding carboxylic acids is 1. The molecule has 2 aromatic rings. The Morgan fingerprint density at radius 2 is 2.00 bits per heavy atom. The molecular formula is C13H14ClN3O4S. The topological polar surface area (TPSA) is 102 Å². The molecule has 22 heavy (non-hydrogen) atoms. The van der Waals surface area contributed by atoms with Crippen LogP contribution in [0.3, 0.4) is 0 Å². The van der Waals surface area contributed by atoms with Gasteiger partial charge in [-0.15, -0.1) is 0 Å². The van der Waals surface area contributed by atoms with Crippen molar-refractivity contribution < 1.29 is 17.7 Å². The Labute approximate surface area is 132 Å². The Hall–Kier alpha value is -1.93. The van der Waals surface area contributed by atoms with Gasteiger partial charge in [-0.05, 0) is 31.2 Å². The Balaban J connectivity index is 2.03. The van der Waals surface area contributed by atoms with Gasteiger partial charge in [0.1, 0.15) is 0 Å². The van der Waals surface area contributed by atoms with Gasteiger partial charge in [0.05, 0.1) is 10.6 Å². The number of aryl methyl sites for hydroxylation is 1. The second kappa shape index (κ2) is 6.89. The molecule has 1 amide bonds. The van der Waals surface area contributed by atoms with Gasteiger partial charge in [-0.3, -0.25) is 4.79 Å². The molecule has 0 fully saturated rings. The smallest absolute Gasteiger partial charge is 0.315 e. The number of amides is 1. The first kappa shape index (κ1) is 16.4. The van der Waals surface area contributed by atoms with Crippen LogP contribution < -0.4 is 5.32 Å². The number of hydrogen-bond donors (Lipinski definition) is 1. The van der Waals surface area contributed by atoms with E-state index in [9.17, 15) is 13.2 Å². The standard InChI is InChI=1S/C13H14ClN3O4S/c1-2-15-12(18)13-16-11(17-21-13)7-8-22(19,20)10-5-3-9(14)4-6-10/h3-6H,2,7-8H2,1H3,(H,15,18). The van der Waals surface area contributed by atoms with E-state index in [-0.39, 0.29) is 28.8 Å². The summed E-state index contributed by atoms with van der Waals surface area (Å²) in [5.74, 6) is -0.690. The summed E-state index contributed by atoms with van der Waals surface area (Å²) in [6.07, 6.45) is 0.0495. The summed E-state index contributed by atoms with van der Waals surface area (Å²) < 4.78 is 29.1.